The van der Waals surface area contributed by atoms with Crippen LogP contribution in [0.25, 0.3) is 167 Å². The summed E-state index contributed by atoms with van der Waals surface area (Å²) in [5, 5.41) is 0. The number of nitrogens with zero attached hydrogens (tertiary/aromatic N) is 2. The second-order valence-electron chi connectivity index (χ2n) is 32.3. The zero-order chi connectivity index (χ0) is 85.6. The first-order valence-corrected chi connectivity index (χ1v) is 43.9. The van der Waals surface area contributed by atoms with Crippen molar-refractivity contribution in [3.63, 3.8) is 0 Å². The maximum Gasteiger partial charge on any atom is 0.0462 e. The molecule has 0 aliphatic rings. The predicted octanol–water partition coefficient (Wildman–Crippen LogP) is 35.3. The lowest BCUT2D eigenvalue weighted by molar-refractivity contribution is 1.28. The van der Waals surface area contributed by atoms with Gasteiger partial charge in [0.1, 0.15) is 0 Å². The summed E-state index contributed by atoms with van der Waals surface area (Å²) in [4.78, 5) is 4.70. The van der Waals surface area contributed by atoms with E-state index in [1.165, 1.54) is 167 Å². The predicted molar refractivity (Wildman–Crippen MR) is 544 cm³/mol. The van der Waals surface area contributed by atoms with Gasteiger partial charge in [-0.15, -0.1) is 0 Å². The summed E-state index contributed by atoms with van der Waals surface area (Å²) in [6, 6.07) is 197. The second-order valence-corrected chi connectivity index (χ2v) is 32.3. The van der Waals surface area contributed by atoms with E-state index in [1.54, 1.807) is 0 Å². The lowest BCUT2D eigenvalue weighted by Crippen LogP contribution is -2.09. The fourth-order valence-electron chi connectivity index (χ4n) is 17.4. The summed E-state index contributed by atoms with van der Waals surface area (Å²) in [6.07, 6.45) is 0. The number of hydrogen-bond donors (Lipinski definition) is 0. The lowest BCUT2D eigenvalue weighted by atomic mass is 9.93. The normalized spacial score (nSPS) is 11.0. The summed E-state index contributed by atoms with van der Waals surface area (Å²) in [5.74, 6) is 0. The van der Waals surface area contributed by atoms with Gasteiger partial charge in [-0.2, -0.15) is 0 Å². The molecule has 0 heterocycles. The van der Waals surface area contributed by atoms with Crippen molar-refractivity contribution in [3.8, 4) is 167 Å². The molecule has 0 bridgehead atoms. The molecule has 0 saturated heterocycles. The summed E-state index contributed by atoms with van der Waals surface area (Å²) in [6.45, 7) is 0. The highest BCUT2D eigenvalue weighted by Crippen LogP contribution is 2.44. The van der Waals surface area contributed by atoms with Crippen LogP contribution in [0.4, 0.5) is 34.1 Å². The first-order chi connectivity index (χ1) is 63.4. The van der Waals surface area contributed by atoms with E-state index in [1.807, 2.05) is 0 Å². The number of hydrogen-bond acceptors (Lipinski definition) is 2. The molecule has 2 heteroatoms. The second kappa shape index (κ2) is 37.5. The van der Waals surface area contributed by atoms with Gasteiger partial charge in [-0.1, -0.05) is 473 Å². The fourth-order valence-corrected chi connectivity index (χ4v) is 17.4. The Morgan fingerprint density at radius 2 is 0.156 bits per heavy atom. The maximum absolute atomic E-state index is 2.35. The summed E-state index contributed by atoms with van der Waals surface area (Å²) in [5.41, 5.74) is 42.7. The minimum Gasteiger partial charge on any atom is -0.311 e. The molecule has 604 valence electrons. The maximum atomic E-state index is 2.35. The number of rotatable bonds is 21. The van der Waals surface area contributed by atoms with Gasteiger partial charge in [0.05, 0.1) is 0 Å². The molecule has 0 N–H and O–H groups in total. The minimum atomic E-state index is 1.09. The van der Waals surface area contributed by atoms with E-state index in [0.717, 1.165) is 34.1 Å². The van der Waals surface area contributed by atoms with Crippen LogP contribution in [0.2, 0.25) is 0 Å². The Morgan fingerprint density at radius 1 is 0.0703 bits per heavy atom. The van der Waals surface area contributed by atoms with Gasteiger partial charge in [-0.05, 0) is 240 Å². The molecule has 0 spiro atoms. The van der Waals surface area contributed by atoms with Gasteiger partial charge in [0.25, 0.3) is 0 Å². The molecule has 21 aromatic carbocycles. The molecule has 0 aliphatic heterocycles. The molecule has 0 aromatic heterocycles. The third kappa shape index (κ3) is 17.9. The van der Waals surface area contributed by atoms with Crippen molar-refractivity contribution in [2.24, 2.45) is 0 Å². The van der Waals surface area contributed by atoms with Crippen LogP contribution in [0.5, 0.6) is 0 Å². The quantitative estimate of drug-likeness (QED) is 0.0707. The first kappa shape index (κ1) is 79.7. The van der Waals surface area contributed by atoms with Crippen LogP contribution in [0.15, 0.2) is 546 Å². The standard InChI is InChI=1S/C66H47N.C60H43N/c1-4-12-48(13-5-1)51-20-26-54(27-21-51)57-32-34-60(35-33-57)65-18-10-11-19-66(65)61-40-46-64(47-41-61)67(62-42-36-58(37-43-62)55-28-22-52(23-29-55)49-14-6-2-7-15-49)63-44-38-59(39-45-63)56-30-24-53(25-31-56)50-16-8-3-9-17-50;1-4-12-44(13-5-1)47-20-24-50(25-21-47)52-32-38-56(39-33-52)61(57-40-34-53(35-41-57)51-26-22-48(23-27-51)45-14-6-2-7-15-45)58-42-36-55(37-43-58)60-19-11-10-18-59(60)54-30-28-49(29-31-54)46-16-8-3-9-17-46/h1-47H;1-43H. The van der Waals surface area contributed by atoms with Gasteiger partial charge in [-0.25, -0.2) is 0 Å². The smallest absolute Gasteiger partial charge is 0.0462 e. The van der Waals surface area contributed by atoms with Gasteiger partial charge in [-0.3, -0.25) is 0 Å². The van der Waals surface area contributed by atoms with Crippen molar-refractivity contribution in [3.05, 3.63) is 546 Å². The zero-order valence-electron chi connectivity index (χ0n) is 70.9. The van der Waals surface area contributed by atoms with E-state index in [0.29, 0.717) is 0 Å². The molecular weight excluding hydrogens is 1540 g/mol. The van der Waals surface area contributed by atoms with Crippen LogP contribution in [0.1, 0.15) is 0 Å². The molecule has 2 nitrogen and oxygen atoms in total. The van der Waals surface area contributed by atoms with Crippen molar-refractivity contribution in [2.45, 2.75) is 0 Å². The topological polar surface area (TPSA) is 6.48 Å². The van der Waals surface area contributed by atoms with Gasteiger partial charge in [0.2, 0.25) is 0 Å². The molecule has 0 aliphatic carbocycles. The average Bonchev–Trinajstić information content (AvgIpc) is 0.789. The van der Waals surface area contributed by atoms with Crippen molar-refractivity contribution < 1.29 is 0 Å². The minimum absolute atomic E-state index is 1.09. The highest BCUT2D eigenvalue weighted by molar-refractivity contribution is 5.91. The van der Waals surface area contributed by atoms with Crippen molar-refractivity contribution >= 4 is 34.1 Å². The first-order valence-electron chi connectivity index (χ1n) is 43.9. The van der Waals surface area contributed by atoms with E-state index < -0.39 is 0 Å². The molecule has 0 radical (unpaired) electrons. The molecule has 0 amide bonds. The van der Waals surface area contributed by atoms with Crippen molar-refractivity contribution in [1.82, 2.24) is 0 Å². The molecule has 21 aromatic rings. The molecule has 0 fully saturated rings. The highest BCUT2D eigenvalue weighted by Gasteiger charge is 2.20. The van der Waals surface area contributed by atoms with Gasteiger partial charge in [0.15, 0.2) is 0 Å². The molecule has 128 heavy (non-hydrogen) atoms. The summed E-state index contributed by atoms with van der Waals surface area (Å²) < 4.78 is 0. The SMILES string of the molecule is c1ccc(-c2ccc(-c3ccc(-c4ccccc4-c4ccc(N(c5ccc(-c6ccc(-c7ccccc7)cc6)cc5)c5ccc(-c6ccc(-c7ccccc7)cc6)cc5)cc4)cc3)cc2)cc1.c1ccc(-c2ccc(-c3ccc(N(c4ccc(-c5ccc(-c6ccccc6)cc5)cc4)c4ccc(-c5ccccc5-c5ccc(-c6ccccc6)cc5)cc4)cc3)cc2)cc1. The zero-order valence-corrected chi connectivity index (χ0v) is 70.9. The monoisotopic (exact) mass is 1630 g/mol. The van der Waals surface area contributed by atoms with E-state index in [2.05, 4.69) is 556 Å². The summed E-state index contributed by atoms with van der Waals surface area (Å²) in [7, 11) is 0. The van der Waals surface area contributed by atoms with Gasteiger partial charge >= 0.3 is 0 Å². The Balaban J connectivity index is 0.000000161. The molecular formula is C126H90N2. The van der Waals surface area contributed by atoms with E-state index in [4.69, 9.17) is 0 Å². The number of benzene rings is 21. The fraction of sp³-hybridized carbons (Fsp3) is 0. The molecule has 0 saturated carbocycles. The Bertz CT molecular complexity index is 6950. The van der Waals surface area contributed by atoms with Crippen molar-refractivity contribution in [2.75, 3.05) is 9.80 Å². The Morgan fingerprint density at radius 3 is 0.281 bits per heavy atom. The van der Waals surface area contributed by atoms with Crippen LogP contribution in [0.3, 0.4) is 0 Å². The van der Waals surface area contributed by atoms with Crippen LogP contribution in [0, 0.1) is 0 Å². The van der Waals surface area contributed by atoms with Crippen LogP contribution in [-0.4, -0.2) is 0 Å². The van der Waals surface area contributed by atoms with Crippen LogP contribution in [-0.2, 0) is 0 Å². The Labute approximate surface area is 751 Å². The van der Waals surface area contributed by atoms with Crippen molar-refractivity contribution in [1.29, 1.82) is 0 Å². The third-order valence-electron chi connectivity index (χ3n) is 24.4. The van der Waals surface area contributed by atoms with E-state index in [-0.39, 0.29) is 0 Å². The van der Waals surface area contributed by atoms with E-state index in [9.17, 15) is 0 Å². The van der Waals surface area contributed by atoms with Crippen LogP contribution < -0.4 is 9.80 Å². The van der Waals surface area contributed by atoms with Gasteiger partial charge in [0, 0.05) is 34.1 Å². The average molecular weight is 1630 g/mol. The van der Waals surface area contributed by atoms with E-state index >= 15 is 0 Å². The molecule has 0 atom stereocenters. The Hall–Kier alpha value is -16.8. The molecule has 0 unspecified atom stereocenters. The number of anilines is 6. The lowest BCUT2D eigenvalue weighted by Gasteiger charge is -2.26. The molecule has 21 rings (SSSR count). The van der Waals surface area contributed by atoms with Gasteiger partial charge < -0.3 is 9.80 Å². The Kier molecular flexibility index (Phi) is 23.4. The highest BCUT2D eigenvalue weighted by atomic mass is 15.1. The third-order valence-corrected chi connectivity index (χ3v) is 24.4. The summed E-state index contributed by atoms with van der Waals surface area (Å²) >= 11 is 0. The largest absolute Gasteiger partial charge is 0.311 e. The van der Waals surface area contributed by atoms with Crippen LogP contribution >= 0.6 is 0 Å².